The van der Waals surface area contributed by atoms with E-state index in [0.29, 0.717) is 33.7 Å². The van der Waals surface area contributed by atoms with Gasteiger partial charge in [-0.3, -0.25) is 9.59 Å². The number of hydrogen-bond donors (Lipinski definition) is 1. The summed E-state index contributed by atoms with van der Waals surface area (Å²) in [6.07, 6.45) is 1.70. The summed E-state index contributed by atoms with van der Waals surface area (Å²) in [5.41, 5.74) is 1.76. The third kappa shape index (κ3) is 7.09. The van der Waals surface area contributed by atoms with Crippen LogP contribution in [0.2, 0.25) is 10.0 Å². The fourth-order valence-electron chi connectivity index (χ4n) is 3.38. The minimum absolute atomic E-state index is 0.0771. The summed E-state index contributed by atoms with van der Waals surface area (Å²) in [7, 11) is 0. The van der Waals surface area contributed by atoms with Crippen LogP contribution in [0.3, 0.4) is 0 Å². The van der Waals surface area contributed by atoms with E-state index in [1.165, 1.54) is 0 Å². The second kappa shape index (κ2) is 11.6. The van der Waals surface area contributed by atoms with Crippen molar-refractivity contribution in [2.75, 3.05) is 18.4 Å². The fraction of sp³-hybridized carbons (Fsp3) is 0.346. The van der Waals surface area contributed by atoms with Crippen molar-refractivity contribution >= 4 is 56.8 Å². The Balaban J connectivity index is 1.87. The quantitative estimate of drug-likeness (QED) is 0.309. The Morgan fingerprint density at radius 1 is 1.06 bits per heavy atom. The van der Waals surface area contributed by atoms with Gasteiger partial charge in [0.05, 0.1) is 21.4 Å². The third-order valence-electron chi connectivity index (χ3n) is 5.39. The van der Waals surface area contributed by atoms with Crippen molar-refractivity contribution in [2.45, 2.75) is 46.0 Å². The molecule has 0 bridgehead atoms. The van der Waals surface area contributed by atoms with Crippen LogP contribution in [0, 0.1) is 0 Å². The van der Waals surface area contributed by atoms with Crippen LogP contribution in [-0.4, -0.2) is 39.6 Å². The zero-order valence-corrected chi connectivity index (χ0v) is 23.3. The first-order valence-electron chi connectivity index (χ1n) is 11.4. The Hall–Kier alpha value is -2.35. The highest BCUT2D eigenvalue weighted by atomic mass is 79.9. The van der Waals surface area contributed by atoms with Gasteiger partial charge in [-0.05, 0) is 48.9 Å². The van der Waals surface area contributed by atoms with Crippen molar-refractivity contribution in [3.63, 3.8) is 0 Å². The Labute approximate surface area is 224 Å². The third-order valence-corrected chi connectivity index (χ3v) is 6.66. The van der Waals surface area contributed by atoms with E-state index in [1.807, 2.05) is 45.9 Å². The second-order valence-corrected chi connectivity index (χ2v) is 11.0. The number of aromatic nitrogens is 2. The smallest absolute Gasteiger partial charge is 0.254 e. The van der Waals surface area contributed by atoms with Gasteiger partial charge in [0.25, 0.3) is 5.91 Å². The molecule has 0 spiro atoms. The van der Waals surface area contributed by atoms with E-state index in [4.69, 9.17) is 28.3 Å². The molecular weight excluding hydrogens is 551 g/mol. The zero-order chi connectivity index (χ0) is 25.8. The van der Waals surface area contributed by atoms with Gasteiger partial charge in [-0.1, -0.05) is 73.2 Å². The van der Waals surface area contributed by atoms with Gasteiger partial charge in [-0.25, -0.2) is 4.68 Å². The van der Waals surface area contributed by atoms with Gasteiger partial charge in [0.15, 0.2) is 0 Å². The van der Waals surface area contributed by atoms with Gasteiger partial charge in [-0.2, -0.15) is 5.10 Å². The largest absolute Gasteiger partial charge is 0.329 e. The Morgan fingerprint density at radius 2 is 1.74 bits per heavy atom. The molecule has 0 saturated heterocycles. The van der Waals surface area contributed by atoms with Crippen molar-refractivity contribution in [2.24, 2.45) is 0 Å². The highest BCUT2D eigenvalue weighted by Crippen LogP contribution is 2.29. The van der Waals surface area contributed by atoms with E-state index in [0.717, 1.165) is 23.0 Å². The minimum atomic E-state index is -0.312. The molecule has 0 aliphatic heterocycles. The van der Waals surface area contributed by atoms with Gasteiger partial charge in [0.1, 0.15) is 12.4 Å². The average molecular weight is 580 g/mol. The molecule has 0 fully saturated rings. The molecule has 2 amide bonds. The molecule has 1 aromatic heterocycles. The molecular formula is C26H29BrCl2N4O2. The molecule has 1 heterocycles. The van der Waals surface area contributed by atoms with E-state index in [1.54, 1.807) is 39.9 Å². The summed E-state index contributed by atoms with van der Waals surface area (Å²) in [6.45, 7) is 8.59. The topological polar surface area (TPSA) is 67.2 Å². The molecule has 2 aromatic carbocycles. The molecule has 3 aromatic rings. The molecule has 9 heteroatoms. The number of carbonyl (C=O) groups excluding carboxylic acids is 2. The van der Waals surface area contributed by atoms with Crippen LogP contribution >= 0.6 is 39.1 Å². The Bertz CT molecular complexity index is 1200. The van der Waals surface area contributed by atoms with Gasteiger partial charge < -0.3 is 10.2 Å². The second-order valence-electron chi connectivity index (χ2n) is 9.31. The van der Waals surface area contributed by atoms with E-state index in [9.17, 15) is 9.59 Å². The summed E-state index contributed by atoms with van der Waals surface area (Å²) in [4.78, 5) is 27.8. The average Bonchev–Trinajstić information content (AvgIpc) is 3.22. The number of anilines is 1. The number of nitrogens with zero attached hydrogens (tertiary/aromatic N) is 3. The fourth-order valence-corrected chi connectivity index (χ4v) is 3.94. The lowest BCUT2D eigenvalue weighted by molar-refractivity contribution is -0.116. The van der Waals surface area contributed by atoms with Gasteiger partial charge in [-0.15, -0.1) is 0 Å². The van der Waals surface area contributed by atoms with Crippen LogP contribution in [0.5, 0.6) is 0 Å². The molecule has 0 radical (unpaired) electrons. The highest BCUT2D eigenvalue weighted by molar-refractivity contribution is 9.10. The van der Waals surface area contributed by atoms with E-state index in [-0.39, 0.29) is 23.8 Å². The molecule has 6 nitrogen and oxygen atoms in total. The molecule has 186 valence electrons. The number of hydrogen-bond acceptors (Lipinski definition) is 3. The Kier molecular flexibility index (Phi) is 9.02. The standard InChI is InChI=1S/C26H29BrCl2N4O2/c1-5-6-13-32(25(35)17-7-9-18(27)10-8-17)16-24(34)30-23-15-22(26(2,3)4)31-33(23)19-11-12-20(28)21(29)14-19/h7-12,14-15H,5-6,13,16H2,1-4H3,(H,30,34). The summed E-state index contributed by atoms with van der Waals surface area (Å²) in [6, 6.07) is 14.1. The van der Waals surface area contributed by atoms with Crippen LogP contribution in [0.1, 0.15) is 56.6 Å². The van der Waals surface area contributed by atoms with E-state index in [2.05, 4.69) is 21.2 Å². The first-order valence-corrected chi connectivity index (χ1v) is 12.9. The monoisotopic (exact) mass is 578 g/mol. The summed E-state index contributed by atoms with van der Waals surface area (Å²) in [5.74, 6) is -0.00690. The van der Waals surface area contributed by atoms with Crippen LogP contribution in [0.4, 0.5) is 5.82 Å². The van der Waals surface area contributed by atoms with Crippen molar-refractivity contribution in [1.82, 2.24) is 14.7 Å². The van der Waals surface area contributed by atoms with Crippen molar-refractivity contribution in [3.8, 4) is 5.69 Å². The number of unbranched alkanes of at least 4 members (excludes halogenated alkanes) is 1. The minimum Gasteiger partial charge on any atom is -0.329 e. The first-order chi connectivity index (χ1) is 16.5. The lowest BCUT2D eigenvalue weighted by Gasteiger charge is -2.22. The van der Waals surface area contributed by atoms with E-state index >= 15 is 0 Å². The normalized spacial score (nSPS) is 11.4. The predicted octanol–water partition coefficient (Wildman–Crippen LogP) is 7.12. The zero-order valence-electron chi connectivity index (χ0n) is 20.2. The maximum atomic E-state index is 13.1. The number of carbonyl (C=O) groups is 2. The van der Waals surface area contributed by atoms with E-state index < -0.39 is 0 Å². The first kappa shape index (κ1) is 27.2. The van der Waals surface area contributed by atoms with Crippen molar-refractivity contribution in [3.05, 3.63) is 74.3 Å². The lowest BCUT2D eigenvalue weighted by atomic mass is 9.92. The number of benzene rings is 2. The molecule has 35 heavy (non-hydrogen) atoms. The maximum Gasteiger partial charge on any atom is 0.254 e. The van der Waals surface area contributed by atoms with Crippen LogP contribution < -0.4 is 5.32 Å². The Morgan fingerprint density at radius 3 is 2.34 bits per heavy atom. The highest BCUT2D eigenvalue weighted by Gasteiger charge is 2.23. The van der Waals surface area contributed by atoms with Gasteiger partial charge in [0, 0.05) is 28.1 Å². The molecule has 3 rings (SSSR count). The number of nitrogens with one attached hydrogen (secondary N) is 1. The summed E-state index contributed by atoms with van der Waals surface area (Å²) >= 11 is 15.7. The molecule has 0 atom stereocenters. The van der Waals surface area contributed by atoms with Crippen molar-refractivity contribution in [1.29, 1.82) is 0 Å². The summed E-state index contributed by atoms with van der Waals surface area (Å²) < 4.78 is 2.52. The SMILES string of the molecule is CCCCN(CC(=O)Nc1cc(C(C)(C)C)nn1-c1ccc(Cl)c(Cl)c1)C(=O)c1ccc(Br)cc1. The summed E-state index contributed by atoms with van der Waals surface area (Å²) in [5, 5.41) is 8.47. The number of halogens is 3. The van der Waals surface area contributed by atoms with Crippen LogP contribution in [-0.2, 0) is 10.2 Å². The molecule has 1 N–H and O–H groups in total. The molecule has 0 unspecified atom stereocenters. The van der Waals surface area contributed by atoms with Crippen LogP contribution in [0.25, 0.3) is 5.69 Å². The number of rotatable bonds is 8. The van der Waals surface area contributed by atoms with Crippen molar-refractivity contribution < 1.29 is 9.59 Å². The molecule has 0 aliphatic carbocycles. The lowest BCUT2D eigenvalue weighted by Crippen LogP contribution is -2.39. The molecule has 0 saturated carbocycles. The van der Waals surface area contributed by atoms with Crippen LogP contribution in [0.15, 0.2) is 53.0 Å². The predicted molar refractivity (Wildman–Crippen MR) is 146 cm³/mol. The van der Waals surface area contributed by atoms with Gasteiger partial charge in [0.2, 0.25) is 5.91 Å². The van der Waals surface area contributed by atoms with Gasteiger partial charge >= 0.3 is 0 Å². The molecule has 0 aliphatic rings. The number of amides is 2. The maximum absolute atomic E-state index is 13.1.